The van der Waals surface area contributed by atoms with Crippen molar-refractivity contribution in [1.29, 1.82) is 0 Å². The number of benzene rings is 1. The van der Waals surface area contributed by atoms with E-state index in [4.69, 9.17) is 9.97 Å². The fourth-order valence-electron chi connectivity index (χ4n) is 5.79. The molecule has 2 aliphatic rings. The van der Waals surface area contributed by atoms with Gasteiger partial charge in [0.2, 0.25) is 0 Å². The number of imidazole rings is 1. The van der Waals surface area contributed by atoms with Gasteiger partial charge in [0.05, 0.1) is 11.0 Å². The molecule has 2 bridgehead atoms. The minimum absolute atomic E-state index is 0.0171. The number of pyridine rings is 2. The van der Waals surface area contributed by atoms with Crippen LogP contribution in [0.15, 0.2) is 30.5 Å². The molecule has 3 aromatic heterocycles. The highest BCUT2D eigenvalue weighted by atomic mass is 15.0. The summed E-state index contributed by atoms with van der Waals surface area (Å²) < 4.78 is 2.42. The van der Waals surface area contributed by atoms with Crippen LogP contribution in [0.1, 0.15) is 95.2 Å². The average Bonchev–Trinajstić information content (AvgIpc) is 3.37. The van der Waals surface area contributed by atoms with Crippen LogP contribution in [0.2, 0.25) is 0 Å². The van der Waals surface area contributed by atoms with Gasteiger partial charge in [-0.25, -0.2) is 4.98 Å². The van der Waals surface area contributed by atoms with Crippen LogP contribution < -0.4 is 0 Å². The maximum absolute atomic E-state index is 5.19. The summed E-state index contributed by atoms with van der Waals surface area (Å²) in [5, 5.41) is 2.39. The molecule has 3 nitrogen and oxygen atoms in total. The minimum Gasteiger partial charge on any atom is -0.295 e. The fourth-order valence-corrected chi connectivity index (χ4v) is 5.79. The van der Waals surface area contributed by atoms with Crippen molar-refractivity contribution in [2.75, 3.05) is 0 Å². The van der Waals surface area contributed by atoms with Crippen molar-refractivity contribution in [3.8, 4) is 0 Å². The topological polar surface area (TPSA) is 30.2 Å². The van der Waals surface area contributed by atoms with Crippen LogP contribution in [0.3, 0.4) is 0 Å². The van der Waals surface area contributed by atoms with Crippen molar-refractivity contribution in [1.82, 2.24) is 14.4 Å². The summed E-state index contributed by atoms with van der Waals surface area (Å²) in [6.07, 6.45) is 6.10. The summed E-state index contributed by atoms with van der Waals surface area (Å²) in [4.78, 5) is 10.0. The molecule has 0 saturated heterocycles. The number of nitrogens with zero attached hydrogens (tertiary/aromatic N) is 3. The van der Waals surface area contributed by atoms with Crippen LogP contribution in [-0.2, 0) is 10.8 Å². The van der Waals surface area contributed by atoms with Crippen molar-refractivity contribution in [3.05, 3.63) is 53.0 Å². The molecule has 2 aliphatic carbocycles. The molecule has 1 fully saturated rings. The van der Waals surface area contributed by atoms with Crippen molar-refractivity contribution >= 4 is 27.5 Å². The largest absolute Gasteiger partial charge is 0.295 e. The lowest BCUT2D eigenvalue weighted by atomic mass is 9.88. The summed E-state index contributed by atoms with van der Waals surface area (Å²) in [6.45, 7) is 13.6. The Morgan fingerprint density at radius 2 is 1.57 bits per heavy atom. The zero-order valence-electron chi connectivity index (χ0n) is 19.0. The van der Waals surface area contributed by atoms with Gasteiger partial charge in [0.1, 0.15) is 5.65 Å². The van der Waals surface area contributed by atoms with Crippen LogP contribution in [-0.4, -0.2) is 14.4 Å². The summed E-state index contributed by atoms with van der Waals surface area (Å²) in [5.74, 6) is 1.52. The molecule has 0 N–H and O–H groups in total. The van der Waals surface area contributed by atoms with Crippen molar-refractivity contribution < 1.29 is 0 Å². The van der Waals surface area contributed by atoms with Crippen LogP contribution in [0.4, 0.5) is 0 Å². The van der Waals surface area contributed by atoms with Crippen LogP contribution in [0.25, 0.3) is 27.5 Å². The van der Waals surface area contributed by atoms with Crippen molar-refractivity contribution in [3.63, 3.8) is 0 Å². The molecular weight excluding hydrogens is 366 g/mol. The summed E-state index contributed by atoms with van der Waals surface area (Å²) >= 11 is 0. The van der Waals surface area contributed by atoms with E-state index >= 15 is 0 Å². The van der Waals surface area contributed by atoms with Gasteiger partial charge in [0, 0.05) is 33.8 Å². The molecule has 0 aliphatic heterocycles. The van der Waals surface area contributed by atoms with E-state index in [-0.39, 0.29) is 10.8 Å². The van der Waals surface area contributed by atoms with E-state index in [1.165, 1.54) is 35.9 Å². The highest BCUT2D eigenvalue weighted by Gasteiger charge is 2.37. The zero-order chi connectivity index (χ0) is 21.0. The molecule has 2 atom stereocenters. The fraction of sp³-hybridized carbons (Fsp3) is 0.481. The van der Waals surface area contributed by atoms with Crippen molar-refractivity contribution in [2.45, 2.75) is 83.5 Å². The normalized spacial score (nSPS) is 21.3. The van der Waals surface area contributed by atoms with Gasteiger partial charge in [-0.1, -0.05) is 41.5 Å². The lowest BCUT2D eigenvalue weighted by Gasteiger charge is -2.23. The number of rotatable bonds is 0. The first-order valence-electron chi connectivity index (χ1n) is 11.4. The lowest BCUT2D eigenvalue weighted by molar-refractivity contribution is 0.563. The molecular formula is C27H31N3. The van der Waals surface area contributed by atoms with E-state index in [1.54, 1.807) is 11.1 Å². The van der Waals surface area contributed by atoms with Gasteiger partial charge in [-0.2, -0.15) is 0 Å². The van der Waals surface area contributed by atoms with Gasteiger partial charge in [-0.15, -0.1) is 0 Å². The molecule has 0 radical (unpaired) electrons. The first kappa shape index (κ1) is 18.4. The highest BCUT2D eigenvalue weighted by Crippen LogP contribution is 2.54. The van der Waals surface area contributed by atoms with E-state index in [0.717, 1.165) is 34.1 Å². The maximum Gasteiger partial charge on any atom is 0.147 e. The molecule has 3 heteroatoms. The molecule has 1 saturated carbocycles. The van der Waals surface area contributed by atoms with Crippen molar-refractivity contribution in [2.24, 2.45) is 0 Å². The smallest absolute Gasteiger partial charge is 0.147 e. The third kappa shape index (κ3) is 2.44. The van der Waals surface area contributed by atoms with E-state index in [9.17, 15) is 0 Å². The van der Waals surface area contributed by atoms with Gasteiger partial charge >= 0.3 is 0 Å². The summed E-state index contributed by atoms with van der Waals surface area (Å²) in [6, 6.07) is 9.51. The summed E-state index contributed by atoms with van der Waals surface area (Å²) in [7, 11) is 0. The standard InChI is InChI=1S/C27H31N3/c1-26(2,3)23-10-17-11-24(27(4,5)6)30-22-13-19-16-8-7-15(9-16)18(19)12-21(22)29-25(30)20(17)14-28-23/h10-16H,7-9H2,1-6H3. The van der Waals surface area contributed by atoms with Crippen LogP contribution in [0, 0.1) is 0 Å². The Bertz CT molecular complexity index is 1340. The first-order valence-corrected chi connectivity index (χ1v) is 11.4. The van der Waals surface area contributed by atoms with Crippen LogP contribution >= 0.6 is 0 Å². The molecule has 3 heterocycles. The van der Waals surface area contributed by atoms with Gasteiger partial charge < -0.3 is 0 Å². The van der Waals surface area contributed by atoms with E-state index in [0.29, 0.717) is 0 Å². The first-order chi connectivity index (χ1) is 14.1. The molecule has 2 unspecified atom stereocenters. The van der Waals surface area contributed by atoms with Gasteiger partial charge in [-0.3, -0.25) is 9.38 Å². The predicted molar refractivity (Wildman–Crippen MR) is 125 cm³/mol. The Morgan fingerprint density at radius 1 is 0.867 bits per heavy atom. The van der Waals surface area contributed by atoms with E-state index in [1.807, 2.05) is 6.20 Å². The second kappa shape index (κ2) is 5.63. The van der Waals surface area contributed by atoms with E-state index < -0.39 is 0 Å². The third-order valence-corrected chi connectivity index (χ3v) is 7.42. The molecule has 30 heavy (non-hydrogen) atoms. The number of aromatic nitrogens is 3. The molecule has 6 rings (SSSR count). The van der Waals surface area contributed by atoms with Gasteiger partial charge in [-0.05, 0) is 71.9 Å². The molecule has 4 aromatic rings. The Balaban J connectivity index is 1.73. The summed E-state index contributed by atoms with van der Waals surface area (Å²) in [5.41, 5.74) is 9.11. The number of hydrogen-bond donors (Lipinski definition) is 0. The zero-order valence-corrected chi connectivity index (χ0v) is 19.0. The molecule has 1 aromatic carbocycles. The Labute approximate surface area is 178 Å². The average molecular weight is 398 g/mol. The SMILES string of the molecule is CC(C)(C)c1cc2cc(C(C)(C)C)n3c4cc5c(cc4nc3c2cn1)C1CCC5C1. The predicted octanol–water partition coefficient (Wildman–Crippen LogP) is 7.00. The molecule has 0 spiro atoms. The maximum atomic E-state index is 5.19. The second-order valence-corrected chi connectivity index (χ2v) is 11.6. The Hall–Kier alpha value is -2.42. The molecule has 154 valence electrons. The Morgan fingerprint density at radius 3 is 2.23 bits per heavy atom. The number of fused-ring (bicyclic) bond motifs is 10. The van der Waals surface area contributed by atoms with Crippen LogP contribution in [0.5, 0.6) is 0 Å². The molecule has 0 amide bonds. The van der Waals surface area contributed by atoms with Gasteiger partial charge in [0.15, 0.2) is 0 Å². The Kier molecular flexibility index (Phi) is 3.45. The number of hydrogen-bond acceptors (Lipinski definition) is 2. The third-order valence-electron chi connectivity index (χ3n) is 7.42. The van der Waals surface area contributed by atoms with E-state index in [2.05, 4.69) is 70.2 Å². The highest BCUT2D eigenvalue weighted by molar-refractivity contribution is 5.99. The quantitative estimate of drug-likeness (QED) is 0.320. The monoisotopic (exact) mass is 397 g/mol. The van der Waals surface area contributed by atoms with Gasteiger partial charge in [0.25, 0.3) is 0 Å². The minimum atomic E-state index is 0.0171. The second-order valence-electron chi connectivity index (χ2n) is 11.6. The lowest BCUT2D eigenvalue weighted by Crippen LogP contribution is -2.17.